The van der Waals surface area contributed by atoms with Crippen LogP contribution in [0.3, 0.4) is 0 Å². The molecule has 2 amide bonds. The van der Waals surface area contributed by atoms with Crippen LogP contribution in [0.4, 0.5) is 4.79 Å². The highest BCUT2D eigenvalue weighted by Gasteiger charge is 2.30. The second-order valence-corrected chi connectivity index (χ2v) is 3.87. The van der Waals surface area contributed by atoms with Gasteiger partial charge in [0.25, 0.3) is 0 Å². The first-order chi connectivity index (χ1) is 7.66. The molecule has 1 rings (SSSR count). The fourth-order valence-corrected chi connectivity index (χ4v) is 1.87. The van der Waals surface area contributed by atoms with Crippen LogP contribution in [0, 0.1) is 0 Å². The number of carbonyl (C=O) groups is 2. The molecule has 90 valence electrons. The topological polar surface area (TPSA) is 69.6 Å². The monoisotopic (exact) mass is 226 g/mol. The minimum absolute atomic E-state index is 0.311. The van der Waals surface area contributed by atoms with Gasteiger partial charge in [0.05, 0.1) is 0 Å². The molecule has 0 radical (unpaired) electrons. The third-order valence-electron chi connectivity index (χ3n) is 2.70. The quantitative estimate of drug-likeness (QED) is 0.711. The maximum atomic E-state index is 11.7. The second-order valence-electron chi connectivity index (χ2n) is 3.87. The second kappa shape index (κ2) is 6.15. The molecule has 0 saturated carbocycles. The van der Waals surface area contributed by atoms with E-state index in [9.17, 15) is 9.59 Å². The molecule has 1 unspecified atom stereocenters. The van der Waals surface area contributed by atoms with Crippen molar-refractivity contribution in [2.45, 2.75) is 31.7 Å². The molecule has 0 bridgehead atoms. The lowest BCUT2D eigenvalue weighted by atomic mass is 10.1. The van der Waals surface area contributed by atoms with Gasteiger partial charge in [0.1, 0.15) is 6.04 Å². The summed E-state index contributed by atoms with van der Waals surface area (Å²) in [5.74, 6) is -0.921. The Balaban J connectivity index is 2.66. The maximum Gasteiger partial charge on any atom is 0.326 e. The van der Waals surface area contributed by atoms with E-state index >= 15 is 0 Å². The van der Waals surface area contributed by atoms with Gasteiger partial charge in [-0.3, -0.25) is 0 Å². The molecule has 0 spiro atoms. The van der Waals surface area contributed by atoms with Gasteiger partial charge in [-0.15, -0.1) is 6.58 Å². The van der Waals surface area contributed by atoms with E-state index in [-0.39, 0.29) is 6.03 Å². The van der Waals surface area contributed by atoms with Crippen LogP contribution in [0.25, 0.3) is 0 Å². The summed E-state index contributed by atoms with van der Waals surface area (Å²) in [6, 6.07) is -0.999. The van der Waals surface area contributed by atoms with E-state index in [1.807, 2.05) is 0 Å². The molecule has 5 nitrogen and oxygen atoms in total. The van der Waals surface area contributed by atoms with Crippen molar-refractivity contribution in [3.63, 3.8) is 0 Å². The Morgan fingerprint density at radius 2 is 2.19 bits per heavy atom. The third kappa shape index (κ3) is 3.25. The fraction of sp³-hybridized carbons (Fsp3) is 0.636. The summed E-state index contributed by atoms with van der Waals surface area (Å²) in [7, 11) is 0. The molecule has 5 heteroatoms. The van der Waals surface area contributed by atoms with Crippen molar-refractivity contribution in [2.24, 2.45) is 0 Å². The van der Waals surface area contributed by atoms with Crippen LogP contribution in [-0.2, 0) is 4.79 Å². The largest absolute Gasteiger partial charge is 0.480 e. The standard InChI is InChI=1S/C11H18N2O3/c1-2-7-12-11(16)13-8-5-3-4-6-9(13)10(14)15/h2,9H,1,3-8H2,(H,12,16)(H,14,15). The third-order valence-corrected chi connectivity index (χ3v) is 2.70. The van der Waals surface area contributed by atoms with Crippen molar-refractivity contribution in [3.8, 4) is 0 Å². The van der Waals surface area contributed by atoms with Crippen molar-refractivity contribution in [2.75, 3.05) is 13.1 Å². The summed E-state index contributed by atoms with van der Waals surface area (Å²) >= 11 is 0. The van der Waals surface area contributed by atoms with Crippen LogP contribution < -0.4 is 5.32 Å². The van der Waals surface area contributed by atoms with Crippen molar-refractivity contribution >= 4 is 12.0 Å². The fourth-order valence-electron chi connectivity index (χ4n) is 1.87. The number of aliphatic carboxylic acids is 1. The number of rotatable bonds is 3. The summed E-state index contributed by atoms with van der Waals surface area (Å²) < 4.78 is 0. The molecule has 1 atom stereocenters. The summed E-state index contributed by atoms with van der Waals surface area (Å²) in [6.07, 6.45) is 4.82. The highest BCUT2D eigenvalue weighted by Crippen LogP contribution is 2.16. The van der Waals surface area contributed by atoms with Crippen LogP contribution in [0.5, 0.6) is 0 Å². The van der Waals surface area contributed by atoms with Gasteiger partial charge in [-0.1, -0.05) is 18.9 Å². The van der Waals surface area contributed by atoms with E-state index in [0.29, 0.717) is 19.5 Å². The van der Waals surface area contributed by atoms with Crippen molar-refractivity contribution < 1.29 is 14.7 Å². The molecule has 0 aliphatic carbocycles. The molecule has 1 aliphatic heterocycles. The zero-order valence-electron chi connectivity index (χ0n) is 9.32. The first kappa shape index (κ1) is 12.5. The van der Waals surface area contributed by atoms with Crippen molar-refractivity contribution in [1.29, 1.82) is 0 Å². The molecule has 0 aromatic carbocycles. The highest BCUT2D eigenvalue weighted by atomic mass is 16.4. The lowest BCUT2D eigenvalue weighted by Gasteiger charge is -2.26. The van der Waals surface area contributed by atoms with E-state index in [1.54, 1.807) is 6.08 Å². The number of urea groups is 1. The van der Waals surface area contributed by atoms with E-state index < -0.39 is 12.0 Å². The number of carboxylic acids is 1. The highest BCUT2D eigenvalue weighted by molar-refractivity contribution is 5.82. The summed E-state index contributed by atoms with van der Waals surface area (Å²) in [5.41, 5.74) is 0. The number of nitrogens with one attached hydrogen (secondary N) is 1. The SMILES string of the molecule is C=CCNC(=O)N1CCCCCC1C(=O)O. The lowest BCUT2D eigenvalue weighted by molar-refractivity contribution is -0.142. The van der Waals surface area contributed by atoms with Crippen LogP contribution in [0.1, 0.15) is 25.7 Å². The molecule has 1 saturated heterocycles. The molecule has 0 aromatic rings. The van der Waals surface area contributed by atoms with Crippen LogP contribution >= 0.6 is 0 Å². The van der Waals surface area contributed by atoms with E-state index in [4.69, 9.17) is 5.11 Å². The van der Waals surface area contributed by atoms with Crippen LogP contribution in [0.15, 0.2) is 12.7 Å². The Morgan fingerprint density at radius 3 is 2.81 bits per heavy atom. The Bertz CT molecular complexity index is 278. The van der Waals surface area contributed by atoms with Gasteiger partial charge in [0, 0.05) is 13.1 Å². The van der Waals surface area contributed by atoms with Crippen molar-refractivity contribution in [3.05, 3.63) is 12.7 Å². The number of hydrogen-bond acceptors (Lipinski definition) is 2. The molecule has 1 heterocycles. The maximum absolute atomic E-state index is 11.7. The molecule has 2 N–H and O–H groups in total. The number of likely N-dealkylation sites (tertiary alicyclic amines) is 1. The number of carbonyl (C=O) groups excluding carboxylic acids is 1. The molecular weight excluding hydrogens is 208 g/mol. The first-order valence-corrected chi connectivity index (χ1v) is 5.55. The Kier molecular flexibility index (Phi) is 4.82. The summed E-state index contributed by atoms with van der Waals surface area (Å²) in [5, 5.41) is 11.7. The Morgan fingerprint density at radius 1 is 1.44 bits per heavy atom. The number of carboxylic acid groups (broad SMARTS) is 1. The zero-order valence-corrected chi connectivity index (χ0v) is 9.32. The molecule has 16 heavy (non-hydrogen) atoms. The predicted octanol–water partition coefficient (Wildman–Crippen LogP) is 1.21. The molecular formula is C11H18N2O3. The number of hydrogen-bond donors (Lipinski definition) is 2. The smallest absolute Gasteiger partial charge is 0.326 e. The molecule has 1 fully saturated rings. The average Bonchev–Trinajstić information content (AvgIpc) is 2.50. The van der Waals surface area contributed by atoms with E-state index in [2.05, 4.69) is 11.9 Å². The van der Waals surface area contributed by atoms with Gasteiger partial charge in [-0.2, -0.15) is 0 Å². The Hall–Kier alpha value is -1.52. The molecule has 1 aliphatic rings. The molecule has 0 aromatic heterocycles. The minimum atomic E-state index is -0.921. The van der Waals surface area contributed by atoms with E-state index in [1.165, 1.54) is 4.90 Å². The van der Waals surface area contributed by atoms with Crippen molar-refractivity contribution in [1.82, 2.24) is 10.2 Å². The normalized spacial score (nSPS) is 21.0. The van der Waals surface area contributed by atoms with Gasteiger partial charge in [-0.05, 0) is 12.8 Å². The minimum Gasteiger partial charge on any atom is -0.480 e. The van der Waals surface area contributed by atoms with Crippen LogP contribution in [-0.4, -0.2) is 41.1 Å². The Labute approximate surface area is 95.1 Å². The predicted molar refractivity (Wildman–Crippen MR) is 60.2 cm³/mol. The van der Waals surface area contributed by atoms with Gasteiger partial charge >= 0.3 is 12.0 Å². The van der Waals surface area contributed by atoms with Crippen LogP contribution in [0.2, 0.25) is 0 Å². The van der Waals surface area contributed by atoms with Gasteiger partial charge in [-0.25, -0.2) is 9.59 Å². The summed E-state index contributed by atoms with van der Waals surface area (Å²) in [6.45, 7) is 4.38. The van der Waals surface area contributed by atoms with Gasteiger partial charge < -0.3 is 15.3 Å². The lowest BCUT2D eigenvalue weighted by Crippen LogP contribution is -2.49. The van der Waals surface area contributed by atoms with E-state index in [0.717, 1.165) is 19.3 Å². The summed E-state index contributed by atoms with van der Waals surface area (Å²) in [4.78, 5) is 24.2. The first-order valence-electron chi connectivity index (χ1n) is 5.55. The number of nitrogens with zero attached hydrogens (tertiary/aromatic N) is 1. The van der Waals surface area contributed by atoms with Gasteiger partial charge in [0.2, 0.25) is 0 Å². The zero-order chi connectivity index (χ0) is 12.0. The average molecular weight is 226 g/mol. The number of amides is 2. The van der Waals surface area contributed by atoms with Gasteiger partial charge in [0.15, 0.2) is 0 Å².